The number of aryl methyl sites for hydroxylation is 1. The highest BCUT2D eigenvalue weighted by molar-refractivity contribution is 5.92. The third-order valence-corrected chi connectivity index (χ3v) is 4.15. The molecule has 8 heteroatoms. The molecule has 0 saturated carbocycles. The van der Waals surface area contributed by atoms with E-state index in [4.69, 9.17) is 18.6 Å². The molecule has 0 aliphatic heterocycles. The summed E-state index contributed by atoms with van der Waals surface area (Å²) >= 11 is 0. The van der Waals surface area contributed by atoms with Gasteiger partial charge >= 0.3 is 23.5 Å². The molecule has 0 saturated heterocycles. The van der Waals surface area contributed by atoms with Gasteiger partial charge in [-0.25, -0.2) is 4.79 Å². The van der Waals surface area contributed by atoms with Gasteiger partial charge in [-0.2, -0.15) is 0 Å². The lowest BCUT2D eigenvalue weighted by molar-refractivity contribution is -0.133. The molecule has 1 aromatic heterocycles. The number of hydrogen-bond acceptors (Lipinski definition) is 8. The molecule has 0 aliphatic rings. The predicted octanol–water partition coefficient (Wildman–Crippen LogP) is 3.54. The maximum absolute atomic E-state index is 12.9. The maximum Gasteiger partial charge on any atom is 0.344 e. The van der Waals surface area contributed by atoms with Gasteiger partial charge in [0.2, 0.25) is 0 Å². The van der Waals surface area contributed by atoms with Crippen molar-refractivity contribution in [1.29, 1.82) is 0 Å². The molecule has 154 valence electrons. The summed E-state index contributed by atoms with van der Waals surface area (Å²) in [6, 6.07) is 9.21. The Hall–Kier alpha value is -3.94. The molecule has 3 rings (SSSR count). The van der Waals surface area contributed by atoms with Crippen molar-refractivity contribution in [3.63, 3.8) is 0 Å². The molecular formula is C22H18O8. The Morgan fingerprint density at radius 2 is 1.47 bits per heavy atom. The van der Waals surface area contributed by atoms with Crippen LogP contribution < -0.4 is 19.8 Å². The van der Waals surface area contributed by atoms with E-state index in [1.807, 2.05) is 0 Å². The summed E-state index contributed by atoms with van der Waals surface area (Å²) in [5.41, 5.74) is 0.391. The molecule has 0 aliphatic carbocycles. The van der Waals surface area contributed by atoms with Gasteiger partial charge in [0.05, 0.1) is 5.56 Å². The summed E-state index contributed by atoms with van der Waals surface area (Å²) in [6.45, 7) is 5.39. The summed E-state index contributed by atoms with van der Waals surface area (Å²) in [7, 11) is 0. The summed E-state index contributed by atoms with van der Waals surface area (Å²) in [5.74, 6) is -1.40. The van der Waals surface area contributed by atoms with Crippen molar-refractivity contribution in [3.05, 3.63) is 52.4 Å². The van der Waals surface area contributed by atoms with Crippen LogP contribution in [0.2, 0.25) is 0 Å². The predicted molar refractivity (Wildman–Crippen MR) is 107 cm³/mol. The van der Waals surface area contributed by atoms with Crippen molar-refractivity contribution in [2.45, 2.75) is 27.7 Å². The number of hydrogen-bond donors (Lipinski definition) is 0. The molecule has 0 radical (unpaired) electrons. The highest BCUT2D eigenvalue weighted by Gasteiger charge is 2.21. The minimum absolute atomic E-state index is 0.0344. The Bertz CT molecular complexity index is 1240. The van der Waals surface area contributed by atoms with Gasteiger partial charge < -0.3 is 18.6 Å². The molecule has 1 heterocycles. The van der Waals surface area contributed by atoms with Crippen molar-refractivity contribution < 1.29 is 33.0 Å². The van der Waals surface area contributed by atoms with E-state index in [9.17, 15) is 19.2 Å². The van der Waals surface area contributed by atoms with Crippen molar-refractivity contribution >= 4 is 28.9 Å². The van der Waals surface area contributed by atoms with Crippen LogP contribution in [0.4, 0.5) is 0 Å². The van der Waals surface area contributed by atoms with E-state index in [1.54, 1.807) is 19.1 Å². The van der Waals surface area contributed by atoms with Crippen molar-refractivity contribution in [2.75, 3.05) is 0 Å². The van der Waals surface area contributed by atoms with Gasteiger partial charge in [0.25, 0.3) is 0 Å². The van der Waals surface area contributed by atoms with E-state index in [1.165, 1.54) is 45.0 Å². The van der Waals surface area contributed by atoms with Crippen LogP contribution in [0.3, 0.4) is 0 Å². The molecule has 0 amide bonds. The average Bonchev–Trinajstić information content (AvgIpc) is 2.62. The van der Waals surface area contributed by atoms with E-state index in [0.29, 0.717) is 10.9 Å². The molecule has 2 aromatic carbocycles. The fourth-order valence-corrected chi connectivity index (χ4v) is 3.07. The smallest absolute Gasteiger partial charge is 0.344 e. The molecule has 0 spiro atoms. The van der Waals surface area contributed by atoms with Crippen LogP contribution in [0.15, 0.2) is 45.6 Å². The van der Waals surface area contributed by atoms with Crippen molar-refractivity contribution in [2.24, 2.45) is 0 Å². The molecule has 30 heavy (non-hydrogen) atoms. The van der Waals surface area contributed by atoms with Gasteiger partial charge in [0.15, 0.2) is 11.3 Å². The van der Waals surface area contributed by atoms with Gasteiger partial charge in [-0.3, -0.25) is 14.4 Å². The average molecular weight is 410 g/mol. The van der Waals surface area contributed by atoms with E-state index in [2.05, 4.69) is 0 Å². The van der Waals surface area contributed by atoms with E-state index in [-0.39, 0.29) is 34.0 Å². The summed E-state index contributed by atoms with van der Waals surface area (Å²) in [5, 5.41) is 0.543. The zero-order valence-corrected chi connectivity index (χ0v) is 16.7. The Labute approximate surface area is 171 Å². The maximum atomic E-state index is 12.9. The van der Waals surface area contributed by atoms with Crippen LogP contribution in [0, 0.1) is 6.92 Å². The van der Waals surface area contributed by atoms with Gasteiger partial charge in [-0.15, -0.1) is 0 Å². The zero-order chi connectivity index (χ0) is 22.0. The first-order valence-electron chi connectivity index (χ1n) is 8.93. The van der Waals surface area contributed by atoms with Crippen LogP contribution in [0.25, 0.3) is 22.1 Å². The van der Waals surface area contributed by atoms with Gasteiger partial charge in [-0.05, 0) is 30.7 Å². The monoisotopic (exact) mass is 410 g/mol. The zero-order valence-electron chi connectivity index (χ0n) is 16.7. The number of benzene rings is 2. The molecule has 3 aromatic rings. The molecule has 0 atom stereocenters. The molecule has 0 N–H and O–H groups in total. The van der Waals surface area contributed by atoms with Gasteiger partial charge in [0, 0.05) is 37.8 Å². The fourth-order valence-electron chi connectivity index (χ4n) is 3.07. The van der Waals surface area contributed by atoms with Crippen LogP contribution in [0.1, 0.15) is 26.3 Å². The molecule has 0 fully saturated rings. The van der Waals surface area contributed by atoms with Crippen molar-refractivity contribution in [3.8, 4) is 28.4 Å². The topological polar surface area (TPSA) is 109 Å². The normalized spacial score (nSPS) is 10.5. The standard InChI is InChI=1S/C22H18O8/c1-11-16-6-5-7-18(28-13(3)24)21(16)30-22(26)20(11)17-9-8-15(27-12(2)23)10-19(17)29-14(4)25/h5-10H,1-4H3. The quantitative estimate of drug-likeness (QED) is 0.365. The van der Waals surface area contributed by atoms with Gasteiger partial charge in [-0.1, -0.05) is 12.1 Å². The minimum Gasteiger partial charge on any atom is -0.427 e. The Balaban J connectivity index is 2.26. The Morgan fingerprint density at radius 1 is 0.833 bits per heavy atom. The molecule has 8 nitrogen and oxygen atoms in total. The van der Waals surface area contributed by atoms with Crippen LogP contribution in [-0.4, -0.2) is 17.9 Å². The number of carbonyl (C=O) groups excluding carboxylic acids is 3. The molecule has 0 bridgehead atoms. The Morgan fingerprint density at radius 3 is 2.10 bits per heavy atom. The third kappa shape index (κ3) is 4.22. The first-order chi connectivity index (χ1) is 14.2. The largest absolute Gasteiger partial charge is 0.427 e. The molecule has 0 unspecified atom stereocenters. The lowest BCUT2D eigenvalue weighted by Crippen LogP contribution is -2.10. The van der Waals surface area contributed by atoms with Crippen LogP contribution in [0.5, 0.6) is 17.2 Å². The van der Waals surface area contributed by atoms with E-state index in [0.717, 1.165) is 0 Å². The lowest BCUT2D eigenvalue weighted by atomic mass is 9.98. The second kappa shape index (κ2) is 8.20. The van der Waals surface area contributed by atoms with Crippen LogP contribution in [-0.2, 0) is 14.4 Å². The third-order valence-electron chi connectivity index (χ3n) is 4.15. The van der Waals surface area contributed by atoms with E-state index < -0.39 is 23.5 Å². The number of rotatable bonds is 4. The number of ether oxygens (including phenoxy) is 3. The number of carbonyl (C=O) groups is 3. The minimum atomic E-state index is -0.715. The lowest BCUT2D eigenvalue weighted by Gasteiger charge is -2.14. The SMILES string of the molecule is CC(=O)Oc1ccc(-c2c(C)c3cccc(OC(C)=O)c3oc2=O)c(OC(C)=O)c1. The number of fused-ring (bicyclic) bond motifs is 1. The second-order valence-corrected chi connectivity index (χ2v) is 6.46. The summed E-state index contributed by atoms with van der Waals surface area (Å²) in [6.07, 6.45) is 0. The van der Waals surface area contributed by atoms with Crippen molar-refractivity contribution in [1.82, 2.24) is 0 Å². The first-order valence-corrected chi connectivity index (χ1v) is 8.93. The second-order valence-electron chi connectivity index (χ2n) is 6.46. The number of esters is 3. The fraction of sp³-hybridized carbons (Fsp3) is 0.182. The Kier molecular flexibility index (Phi) is 5.68. The summed E-state index contributed by atoms with van der Waals surface area (Å²) < 4.78 is 20.8. The highest BCUT2D eigenvalue weighted by Crippen LogP contribution is 2.37. The summed E-state index contributed by atoms with van der Waals surface area (Å²) in [4.78, 5) is 47.0. The van der Waals surface area contributed by atoms with E-state index >= 15 is 0 Å². The first kappa shape index (κ1) is 20.8. The van der Waals surface area contributed by atoms with Gasteiger partial charge in [0.1, 0.15) is 11.5 Å². The highest BCUT2D eigenvalue weighted by atomic mass is 16.5. The number of para-hydroxylation sites is 1. The van der Waals surface area contributed by atoms with Crippen LogP contribution >= 0.6 is 0 Å². The molecular weight excluding hydrogens is 392 g/mol.